The van der Waals surface area contributed by atoms with Crippen molar-refractivity contribution in [2.45, 2.75) is 50.2 Å². The second-order valence-corrected chi connectivity index (χ2v) is 10.5. The summed E-state index contributed by atoms with van der Waals surface area (Å²) in [5, 5.41) is 0. The molecule has 3 rings (SSSR count). The van der Waals surface area contributed by atoms with Gasteiger partial charge in [-0.15, -0.1) is 0 Å². The highest BCUT2D eigenvalue weighted by Crippen LogP contribution is 2.36. The highest BCUT2D eigenvalue weighted by molar-refractivity contribution is 7.89. The van der Waals surface area contributed by atoms with Gasteiger partial charge in [-0.05, 0) is 64.5 Å². The molecule has 158 valence electrons. The van der Waals surface area contributed by atoms with Gasteiger partial charge in [-0.1, -0.05) is 26.0 Å². The zero-order chi connectivity index (χ0) is 20.3. The van der Waals surface area contributed by atoms with Crippen LogP contribution in [-0.2, 0) is 10.0 Å². The first-order valence-corrected chi connectivity index (χ1v) is 11.9. The summed E-state index contributed by atoms with van der Waals surface area (Å²) in [6.07, 6.45) is 2.72. The maximum absolute atomic E-state index is 13.5. The van der Waals surface area contributed by atoms with Crippen LogP contribution in [0.2, 0.25) is 0 Å². The van der Waals surface area contributed by atoms with Crippen molar-refractivity contribution in [3.8, 4) is 5.75 Å². The van der Waals surface area contributed by atoms with E-state index in [1.807, 2.05) is 25.1 Å². The number of likely N-dealkylation sites (tertiary alicyclic amines) is 1. The molecule has 2 aliphatic rings. The molecule has 2 heterocycles. The summed E-state index contributed by atoms with van der Waals surface area (Å²) in [4.78, 5) is 4.81. The van der Waals surface area contributed by atoms with Crippen LogP contribution in [0.15, 0.2) is 29.2 Å². The first-order valence-electron chi connectivity index (χ1n) is 10.4. The van der Waals surface area contributed by atoms with Crippen LogP contribution < -0.4 is 4.74 Å². The Hall–Kier alpha value is -1.15. The lowest BCUT2D eigenvalue weighted by molar-refractivity contribution is 0.110. The van der Waals surface area contributed by atoms with E-state index in [1.165, 1.54) is 6.42 Å². The number of hydrogen-bond donors (Lipinski definition) is 0. The van der Waals surface area contributed by atoms with Gasteiger partial charge in [-0.3, -0.25) is 0 Å². The number of para-hydroxylation sites is 1. The topological polar surface area (TPSA) is 53.1 Å². The molecule has 0 aliphatic carbocycles. The first-order chi connectivity index (χ1) is 13.3. The number of sulfonamides is 1. The predicted octanol–water partition coefficient (Wildman–Crippen LogP) is 2.51. The zero-order valence-corrected chi connectivity index (χ0v) is 18.5. The fraction of sp³-hybridized carbons (Fsp3) is 0.714. The zero-order valence-electron chi connectivity index (χ0n) is 17.7. The Labute approximate surface area is 170 Å². The lowest BCUT2D eigenvalue weighted by Gasteiger charge is -2.32. The number of benzene rings is 1. The second-order valence-electron chi connectivity index (χ2n) is 8.69. The van der Waals surface area contributed by atoms with Gasteiger partial charge in [0.2, 0.25) is 10.0 Å². The number of nitrogens with zero attached hydrogens (tertiary/aromatic N) is 3. The molecule has 0 N–H and O–H groups in total. The van der Waals surface area contributed by atoms with Gasteiger partial charge in [0.25, 0.3) is 0 Å². The van der Waals surface area contributed by atoms with Gasteiger partial charge in [0.1, 0.15) is 16.7 Å². The molecule has 0 unspecified atom stereocenters. The van der Waals surface area contributed by atoms with E-state index in [2.05, 4.69) is 18.7 Å². The monoisotopic (exact) mass is 409 g/mol. The Balaban J connectivity index is 1.89. The first kappa shape index (κ1) is 21.6. The molecule has 0 bridgehead atoms. The van der Waals surface area contributed by atoms with Gasteiger partial charge in [0.05, 0.1) is 6.04 Å². The van der Waals surface area contributed by atoms with Gasteiger partial charge in [0, 0.05) is 19.6 Å². The predicted molar refractivity (Wildman–Crippen MR) is 112 cm³/mol. The highest BCUT2D eigenvalue weighted by atomic mass is 32.2. The Morgan fingerprint density at radius 2 is 1.86 bits per heavy atom. The van der Waals surface area contributed by atoms with E-state index in [0.29, 0.717) is 29.7 Å². The number of ether oxygens (including phenoxy) is 1. The van der Waals surface area contributed by atoms with E-state index in [1.54, 1.807) is 22.5 Å². The van der Waals surface area contributed by atoms with Gasteiger partial charge < -0.3 is 14.5 Å². The minimum Gasteiger partial charge on any atom is -0.487 e. The fourth-order valence-corrected chi connectivity index (χ4v) is 5.85. The Morgan fingerprint density at radius 3 is 2.57 bits per heavy atom. The minimum atomic E-state index is -3.58. The lowest BCUT2D eigenvalue weighted by atomic mass is 10.1. The Morgan fingerprint density at radius 1 is 1.14 bits per heavy atom. The van der Waals surface area contributed by atoms with E-state index in [-0.39, 0.29) is 12.1 Å². The maximum atomic E-state index is 13.5. The summed E-state index contributed by atoms with van der Waals surface area (Å²) in [7, 11) is 0.377. The van der Waals surface area contributed by atoms with E-state index in [4.69, 9.17) is 4.74 Å². The quantitative estimate of drug-likeness (QED) is 0.723. The molecule has 28 heavy (non-hydrogen) atoms. The fourth-order valence-electron chi connectivity index (χ4n) is 4.06. The third kappa shape index (κ3) is 4.87. The number of likely N-dealkylation sites (N-methyl/N-ethyl adjacent to an activating group) is 1. The average Bonchev–Trinajstić information content (AvgIpc) is 2.87. The number of hydrogen-bond acceptors (Lipinski definition) is 5. The van der Waals surface area contributed by atoms with Crippen molar-refractivity contribution in [1.82, 2.24) is 14.1 Å². The summed E-state index contributed by atoms with van der Waals surface area (Å²) in [6, 6.07) is 6.97. The normalized spacial score (nSPS) is 25.6. The van der Waals surface area contributed by atoms with Crippen LogP contribution >= 0.6 is 0 Å². The molecular weight excluding hydrogens is 374 g/mol. The van der Waals surface area contributed by atoms with Crippen LogP contribution in [0.25, 0.3) is 0 Å². The van der Waals surface area contributed by atoms with Gasteiger partial charge in [-0.25, -0.2) is 8.42 Å². The summed E-state index contributed by atoms with van der Waals surface area (Å²) in [5.41, 5.74) is 0. The molecule has 0 saturated carbocycles. The Bertz CT molecular complexity index is 751. The van der Waals surface area contributed by atoms with Crippen molar-refractivity contribution in [3.63, 3.8) is 0 Å². The summed E-state index contributed by atoms with van der Waals surface area (Å²) in [6.45, 7) is 8.62. The molecule has 2 aliphatic heterocycles. The van der Waals surface area contributed by atoms with Gasteiger partial charge in [0.15, 0.2) is 0 Å². The summed E-state index contributed by atoms with van der Waals surface area (Å²) < 4.78 is 35.1. The SMILES string of the molecule is CC(C)CCN1CC[C@@H]2[C@@H](CC1)Oc1ccccc1S(=O)(=O)N2CCN(C)C. The molecular formula is C21H35N3O3S. The molecule has 7 heteroatoms. The molecule has 0 radical (unpaired) electrons. The molecule has 1 aromatic carbocycles. The number of rotatable bonds is 6. The van der Waals surface area contributed by atoms with Crippen LogP contribution in [0.4, 0.5) is 0 Å². The number of fused-ring (bicyclic) bond motifs is 2. The van der Waals surface area contributed by atoms with Crippen LogP contribution in [0.1, 0.15) is 33.1 Å². The standard InChI is InChI=1S/C21H35N3O3S/c1-17(2)9-12-23-13-10-18-19(11-14-23)27-20-7-5-6-8-21(20)28(25,26)24(18)16-15-22(3)4/h5-8,17-19H,9-16H2,1-4H3/t18-,19-/m1/s1. The third-order valence-corrected chi connectivity index (χ3v) is 7.74. The van der Waals surface area contributed by atoms with Crippen molar-refractivity contribution in [2.24, 2.45) is 5.92 Å². The van der Waals surface area contributed by atoms with Crippen LogP contribution in [0.5, 0.6) is 5.75 Å². The smallest absolute Gasteiger partial charge is 0.247 e. The average molecular weight is 410 g/mol. The lowest BCUT2D eigenvalue weighted by Crippen LogP contribution is -2.49. The third-order valence-electron chi connectivity index (χ3n) is 5.77. The van der Waals surface area contributed by atoms with Crippen molar-refractivity contribution in [1.29, 1.82) is 0 Å². The van der Waals surface area contributed by atoms with Crippen LogP contribution in [0.3, 0.4) is 0 Å². The van der Waals surface area contributed by atoms with Crippen molar-refractivity contribution in [3.05, 3.63) is 24.3 Å². The van der Waals surface area contributed by atoms with Crippen molar-refractivity contribution < 1.29 is 13.2 Å². The minimum absolute atomic E-state index is 0.107. The molecule has 2 atom stereocenters. The molecule has 0 aromatic heterocycles. The van der Waals surface area contributed by atoms with Gasteiger partial charge in [-0.2, -0.15) is 4.31 Å². The Kier molecular flexibility index (Phi) is 7.02. The van der Waals surface area contributed by atoms with E-state index in [0.717, 1.165) is 32.5 Å². The summed E-state index contributed by atoms with van der Waals surface area (Å²) >= 11 is 0. The van der Waals surface area contributed by atoms with Crippen LogP contribution in [-0.4, -0.2) is 81.5 Å². The molecule has 1 fully saturated rings. The summed E-state index contributed by atoms with van der Waals surface area (Å²) in [5.74, 6) is 1.18. The van der Waals surface area contributed by atoms with Crippen molar-refractivity contribution >= 4 is 10.0 Å². The molecule has 0 amide bonds. The van der Waals surface area contributed by atoms with Crippen molar-refractivity contribution in [2.75, 3.05) is 46.8 Å². The highest BCUT2D eigenvalue weighted by Gasteiger charge is 2.43. The largest absolute Gasteiger partial charge is 0.487 e. The molecule has 1 saturated heterocycles. The van der Waals surface area contributed by atoms with Gasteiger partial charge >= 0.3 is 0 Å². The molecule has 6 nitrogen and oxygen atoms in total. The molecule has 1 aromatic rings. The molecule has 0 spiro atoms. The maximum Gasteiger partial charge on any atom is 0.247 e. The van der Waals surface area contributed by atoms with E-state index in [9.17, 15) is 8.42 Å². The van der Waals surface area contributed by atoms with E-state index >= 15 is 0 Å². The van der Waals surface area contributed by atoms with E-state index < -0.39 is 10.0 Å². The second kappa shape index (κ2) is 9.11. The van der Waals surface area contributed by atoms with Crippen LogP contribution in [0, 0.1) is 5.92 Å².